The monoisotopic (exact) mass is 253 g/mol. The highest BCUT2D eigenvalue weighted by Gasteiger charge is 2.12. The van der Waals surface area contributed by atoms with E-state index in [0.717, 1.165) is 5.82 Å². The Balaban J connectivity index is 2.14. The van der Waals surface area contributed by atoms with E-state index < -0.39 is 5.97 Å². The molecule has 0 aliphatic heterocycles. The third-order valence-electron chi connectivity index (χ3n) is 2.58. The van der Waals surface area contributed by atoms with E-state index in [4.69, 9.17) is 16.7 Å². The summed E-state index contributed by atoms with van der Waals surface area (Å²) < 4.78 is 3.53. The van der Waals surface area contributed by atoms with E-state index in [-0.39, 0.29) is 5.69 Å². The molecule has 0 atom stereocenters. The molecule has 0 unspecified atom stereocenters. The average molecular weight is 254 g/mol. The second-order valence-electron chi connectivity index (χ2n) is 3.75. The first-order chi connectivity index (χ1) is 8.08. The Bertz CT molecular complexity index is 545. The standard InChI is InChI=1S/C11H12ClN3O2/c1-14-5-3-13-10(14)2-4-15-7-8(12)6-9(15)11(16)17/h3,5-7H,2,4H2,1H3,(H,16,17). The summed E-state index contributed by atoms with van der Waals surface area (Å²) in [5.41, 5.74) is 0.198. The Hall–Kier alpha value is -1.75. The topological polar surface area (TPSA) is 60.0 Å². The highest BCUT2D eigenvalue weighted by Crippen LogP contribution is 2.14. The number of rotatable bonds is 4. The summed E-state index contributed by atoms with van der Waals surface area (Å²) in [6.07, 6.45) is 5.86. The average Bonchev–Trinajstić information content (AvgIpc) is 2.82. The maximum Gasteiger partial charge on any atom is 0.352 e. The van der Waals surface area contributed by atoms with E-state index in [0.29, 0.717) is 18.0 Å². The predicted molar refractivity (Wildman–Crippen MR) is 63.3 cm³/mol. The molecule has 2 heterocycles. The Morgan fingerprint density at radius 1 is 1.59 bits per heavy atom. The number of carboxylic acid groups (broad SMARTS) is 1. The molecule has 0 radical (unpaired) electrons. The van der Waals surface area contributed by atoms with E-state index in [9.17, 15) is 4.79 Å². The SMILES string of the molecule is Cn1ccnc1CCn1cc(Cl)cc1C(=O)O. The first-order valence-corrected chi connectivity index (χ1v) is 5.51. The molecule has 2 rings (SSSR count). The fourth-order valence-corrected chi connectivity index (χ4v) is 1.92. The molecule has 17 heavy (non-hydrogen) atoms. The fourth-order valence-electron chi connectivity index (χ4n) is 1.70. The lowest BCUT2D eigenvalue weighted by Crippen LogP contribution is -2.10. The van der Waals surface area contributed by atoms with E-state index in [2.05, 4.69) is 4.98 Å². The number of halogens is 1. The van der Waals surface area contributed by atoms with Crippen LogP contribution in [0.2, 0.25) is 5.02 Å². The molecule has 0 spiro atoms. The number of aromatic nitrogens is 3. The van der Waals surface area contributed by atoms with Gasteiger partial charge in [0.15, 0.2) is 0 Å². The van der Waals surface area contributed by atoms with E-state index in [1.807, 2.05) is 17.8 Å². The Labute approximate surface area is 103 Å². The van der Waals surface area contributed by atoms with Crippen LogP contribution in [0.15, 0.2) is 24.7 Å². The molecule has 5 nitrogen and oxygen atoms in total. The molecule has 1 N–H and O–H groups in total. The summed E-state index contributed by atoms with van der Waals surface area (Å²) in [7, 11) is 1.91. The molecule has 2 aromatic rings. The molecule has 0 saturated carbocycles. The van der Waals surface area contributed by atoms with Gasteiger partial charge < -0.3 is 14.2 Å². The van der Waals surface area contributed by atoms with Gasteiger partial charge in [0.2, 0.25) is 0 Å². The van der Waals surface area contributed by atoms with Gasteiger partial charge in [-0.3, -0.25) is 0 Å². The van der Waals surface area contributed by atoms with Crippen molar-refractivity contribution in [3.05, 3.63) is 41.2 Å². The van der Waals surface area contributed by atoms with Crippen LogP contribution in [0, 0.1) is 0 Å². The molecular formula is C11H12ClN3O2. The first kappa shape index (κ1) is 11.7. The van der Waals surface area contributed by atoms with Gasteiger partial charge in [-0.05, 0) is 6.07 Å². The quantitative estimate of drug-likeness (QED) is 0.904. The molecular weight excluding hydrogens is 242 g/mol. The molecule has 0 aliphatic rings. The van der Waals surface area contributed by atoms with Gasteiger partial charge in [-0.2, -0.15) is 0 Å². The summed E-state index contributed by atoms with van der Waals surface area (Å²) in [5, 5.41) is 9.42. The van der Waals surface area contributed by atoms with Gasteiger partial charge in [0.25, 0.3) is 0 Å². The molecule has 6 heteroatoms. The lowest BCUT2D eigenvalue weighted by Gasteiger charge is -2.06. The van der Waals surface area contributed by atoms with Crippen LogP contribution in [0.5, 0.6) is 0 Å². The molecule has 0 amide bonds. The number of nitrogens with zero attached hydrogens (tertiary/aromatic N) is 3. The van der Waals surface area contributed by atoms with Crippen molar-refractivity contribution in [3.8, 4) is 0 Å². The Morgan fingerprint density at radius 3 is 2.94 bits per heavy atom. The maximum atomic E-state index is 11.0. The van der Waals surface area contributed by atoms with Crippen molar-refractivity contribution in [3.63, 3.8) is 0 Å². The van der Waals surface area contributed by atoms with Crippen molar-refractivity contribution >= 4 is 17.6 Å². The third kappa shape index (κ3) is 2.50. The summed E-state index contributed by atoms with van der Waals surface area (Å²) in [6, 6.07) is 1.45. The van der Waals surface area contributed by atoms with Crippen molar-refractivity contribution in [2.75, 3.05) is 0 Å². The van der Waals surface area contributed by atoms with Crippen molar-refractivity contribution in [2.45, 2.75) is 13.0 Å². The fraction of sp³-hybridized carbons (Fsp3) is 0.273. The maximum absolute atomic E-state index is 11.0. The van der Waals surface area contributed by atoms with Crippen LogP contribution in [-0.2, 0) is 20.0 Å². The van der Waals surface area contributed by atoms with Crippen LogP contribution in [0.4, 0.5) is 0 Å². The largest absolute Gasteiger partial charge is 0.477 e. The zero-order valence-electron chi connectivity index (χ0n) is 9.30. The zero-order valence-corrected chi connectivity index (χ0v) is 10.1. The summed E-state index contributed by atoms with van der Waals surface area (Å²) in [6.45, 7) is 0.541. The summed E-state index contributed by atoms with van der Waals surface area (Å²) in [4.78, 5) is 15.1. The molecule has 0 aromatic carbocycles. The van der Waals surface area contributed by atoms with Gasteiger partial charge >= 0.3 is 5.97 Å². The smallest absolute Gasteiger partial charge is 0.352 e. The van der Waals surface area contributed by atoms with Crippen LogP contribution in [0.25, 0.3) is 0 Å². The Morgan fingerprint density at radius 2 is 2.35 bits per heavy atom. The normalized spacial score (nSPS) is 10.7. The van der Waals surface area contributed by atoms with Gasteiger partial charge in [-0.25, -0.2) is 9.78 Å². The van der Waals surface area contributed by atoms with Gasteiger partial charge in [-0.15, -0.1) is 0 Å². The lowest BCUT2D eigenvalue weighted by molar-refractivity contribution is 0.0685. The van der Waals surface area contributed by atoms with Crippen molar-refractivity contribution in [1.29, 1.82) is 0 Å². The number of aryl methyl sites for hydroxylation is 3. The van der Waals surface area contributed by atoms with Gasteiger partial charge in [-0.1, -0.05) is 11.6 Å². The van der Waals surface area contributed by atoms with E-state index in [1.54, 1.807) is 17.0 Å². The number of carbonyl (C=O) groups is 1. The number of hydrogen-bond acceptors (Lipinski definition) is 2. The van der Waals surface area contributed by atoms with Crippen LogP contribution in [0.1, 0.15) is 16.3 Å². The molecule has 0 saturated heterocycles. The Kier molecular flexibility index (Phi) is 3.19. The number of aromatic carboxylic acids is 1. The summed E-state index contributed by atoms with van der Waals surface area (Å²) >= 11 is 5.80. The van der Waals surface area contributed by atoms with Crippen LogP contribution in [0.3, 0.4) is 0 Å². The molecule has 2 aromatic heterocycles. The molecule has 0 fully saturated rings. The molecule has 0 bridgehead atoms. The van der Waals surface area contributed by atoms with Crippen molar-refractivity contribution in [1.82, 2.24) is 14.1 Å². The van der Waals surface area contributed by atoms with Crippen molar-refractivity contribution < 1.29 is 9.90 Å². The van der Waals surface area contributed by atoms with Gasteiger partial charge in [0.1, 0.15) is 11.5 Å². The van der Waals surface area contributed by atoms with Crippen LogP contribution < -0.4 is 0 Å². The van der Waals surface area contributed by atoms with Gasteiger partial charge in [0, 0.05) is 38.6 Å². The van der Waals surface area contributed by atoms with Gasteiger partial charge in [0.05, 0.1) is 5.02 Å². The first-order valence-electron chi connectivity index (χ1n) is 5.13. The molecule has 0 aliphatic carbocycles. The number of carboxylic acids is 1. The third-order valence-corrected chi connectivity index (χ3v) is 2.79. The summed E-state index contributed by atoms with van der Waals surface area (Å²) in [5.74, 6) is -0.0668. The van der Waals surface area contributed by atoms with Crippen molar-refractivity contribution in [2.24, 2.45) is 7.05 Å². The minimum Gasteiger partial charge on any atom is -0.477 e. The van der Waals surface area contributed by atoms with Crippen LogP contribution in [-0.4, -0.2) is 25.2 Å². The van der Waals surface area contributed by atoms with Crippen LogP contribution >= 0.6 is 11.6 Å². The number of hydrogen-bond donors (Lipinski definition) is 1. The minimum absolute atomic E-state index is 0.198. The van der Waals surface area contributed by atoms with E-state index >= 15 is 0 Å². The second kappa shape index (κ2) is 4.63. The number of imidazole rings is 1. The van der Waals surface area contributed by atoms with E-state index in [1.165, 1.54) is 6.07 Å². The minimum atomic E-state index is -0.975. The molecule has 90 valence electrons. The zero-order chi connectivity index (χ0) is 12.4. The lowest BCUT2D eigenvalue weighted by atomic mass is 10.3. The highest BCUT2D eigenvalue weighted by atomic mass is 35.5. The predicted octanol–water partition coefficient (Wildman–Crippen LogP) is 1.82. The second-order valence-corrected chi connectivity index (χ2v) is 4.18. The highest BCUT2D eigenvalue weighted by molar-refractivity contribution is 6.30.